The second-order valence-corrected chi connectivity index (χ2v) is 9.63. The van der Waals surface area contributed by atoms with Gasteiger partial charge in [0.05, 0.1) is 22.2 Å². The molecule has 172 valence electrons. The third-order valence-corrected chi connectivity index (χ3v) is 7.08. The van der Waals surface area contributed by atoms with Crippen molar-refractivity contribution >= 4 is 43.2 Å². The monoisotopic (exact) mass is 575 g/mol. The summed E-state index contributed by atoms with van der Waals surface area (Å²) in [5.74, 6) is -0.329. The maximum atomic E-state index is 12.0. The number of carbonyl (C=O) groups excluding carboxylic acids is 1. The quantitative estimate of drug-likeness (QED) is 0.251. The Morgan fingerprint density at radius 2 is 1.80 bits per heavy atom. The highest BCUT2D eigenvalue weighted by molar-refractivity contribution is 5.95. The number of hydrogen-bond acceptors (Lipinski definition) is 5. The summed E-state index contributed by atoms with van der Waals surface area (Å²) in [4.78, 5) is 38.8. The number of aromatic amines is 1. The summed E-state index contributed by atoms with van der Waals surface area (Å²) in [6.07, 6.45) is 3.69. The minimum Gasteiger partial charge on any atom is -0.478 e. The highest BCUT2D eigenvalue weighted by Crippen LogP contribution is 2.39. The van der Waals surface area contributed by atoms with Crippen molar-refractivity contribution < 1.29 is 37.3 Å². The molecule has 8 heteroatoms. The lowest BCUT2D eigenvalue weighted by atomic mass is 9.98. The number of anilines is 2. The molecule has 1 aliphatic heterocycles. The Bertz CT molecular complexity index is 1660. The number of halogens is 1. The zero-order chi connectivity index (χ0) is 24.1. The van der Waals surface area contributed by atoms with E-state index in [1.165, 1.54) is 22.6 Å². The van der Waals surface area contributed by atoms with Gasteiger partial charge in [-0.1, -0.05) is 6.07 Å². The first-order valence-corrected chi connectivity index (χ1v) is 12.4. The number of nitrogens with one attached hydrogen (secondary N) is 1. The minimum absolute atomic E-state index is 0.0490. The Morgan fingerprint density at radius 3 is 2.63 bits per heavy atom. The van der Waals surface area contributed by atoms with Crippen LogP contribution in [-0.2, 0) is 6.42 Å². The number of aromatic carboxylic acids is 1. The van der Waals surface area contributed by atoms with Crippen molar-refractivity contribution in [1.29, 1.82) is 0 Å². The number of aryl methyl sites for hydroxylation is 1. The lowest BCUT2D eigenvalue weighted by Crippen LogP contribution is -3.38. The van der Waals surface area contributed by atoms with Crippen molar-refractivity contribution in [2.45, 2.75) is 12.8 Å². The van der Waals surface area contributed by atoms with Crippen LogP contribution in [0.1, 0.15) is 32.7 Å². The number of nitrogens with zero attached hydrogens (tertiary/aromatic N) is 3. The minimum atomic E-state index is -1.00. The summed E-state index contributed by atoms with van der Waals surface area (Å²) < 4.78 is 0.0490. The van der Waals surface area contributed by atoms with Gasteiger partial charge in [-0.15, -0.1) is 0 Å². The number of aromatic nitrogens is 3. The van der Waals surface area contributed by atoms with E-state index in [0.29, 0.717) is 22.4 Å². The van der Waals surface area contributed by atoms with E-state index in [0.717, 1.165) is 52.8 Å². The summed E-state index contributed by atoms with van der Waals surface area (Å²) in [5, 5.41) is 10.6. The van der Waals surface area contributed by atoms with Crippen LogP contribution in [0.4, 0.5) is 11.5 Å². The molecule has 1 aliphatic rings. The van der Waals surface area contributed by atoms with E-state index < -0.39 is 5.97 Å². The molecule has 3 heterocycles. The molecule has 0 radical (unpaired) electrons. The van der Waals surface area contributed by atoms with Gasteiger partial charge in [0.2, 0.25) is 0 Å². The molecule has 0 fully saturated rings. The van der Waals surface area contributed by atoms with Gasteiger partial charge >= 0.3 is 32.4 Å². The number of carboxylic acids is 1. The number of fused-ring (bicyclic) bond motifs is 3. The Kier molecular flexibility index (Phi) is 5.25. The van der Waals surface area contributed by atoms with E-state index in [-0.39, 0.29) is 9.35 Å². The fourth-order valence-electron chi connectivity index (χ4n) is 4.70. The predicted octanol–water partition coefficient (Wildman–Crippen LogP) is 1.99. The summed E-state index contributed by atoms with van der Waals surface area (Å²) in [7, 11) is 0. The molecule has 6 rings (SSSR count). The van der Waals surface area contributed by atoms with E-state index in [2.05, 4.69) is 16.0 Å². The molecule has 0 saturated carbocycles. The molecule has 3 aromatic carbocycles. The van der Waals surface area contributed by atoms with Gasteiger partial charge in [-0.2, -0.15) is 0 Å². The molecule has 7 nitrogen and oxygen atoms in total. The Morgan fingerprint density at radius 1 is 0.943 bits per heavy atom. The van der Waals surface area contributed by atoms with Crippen LogP contribution in [0.5, 0.6) is 0 Å². The van der Waals surface area contributed by atoms with Crippen molar-refractivity contribution in [3.05, 3.63) is 83.6 Å². The lowest BCUT2D eigenvalue weighted by Gasteiger charge is -2.32. The van der Waals surface area contributed by atoms with Crippen LogP contribution < -0.4 is 27.5 Å². The molecule has 0 bridgehead atoms. The van der Waals surface area contributed by atoms with Crippen LogP contribution in [0.25, 0.3) is 33.2 Å². The lowest BCUT2D eigenvalue weighted by molar-refractivity contribution is -0.255. The highest BCUT2D eigenvalue weighted by atomic mass is 127. The van der Waals surface area contributed by atoms with Gasteiger partial charge < -0.3 is 15.0 Å². The Hall–Kier alpha value is -3.79. The van der Waals surface area contributed by atoms with Crippen molar-refractivity contribution in [3.8, 4) is 11.3 Å². The van der Waals surface area contributed by atoms with Crippen LogP contribution in [0.15, 0.2) is 66.9 Å². The molecule has 35 heavy (non-hydrogen) atoms. The molecule has 0 atom stereocenters. The number of rotatable bonds is 4. The zero-order valence-corrected chi connectivity index (χ0v) is 20.8. The average molecular weight is 575 g/mol. The fourth-order valence-corrected chi connectivity index (χ4v) is 5.07. The standard InChI is InChI=1S/C27H19IN4O3/c28-25(33)18-5-8-23-16(13-18)2-1-11-32(23)26-24(17-3-6-20-15(12-17)9-10-29-20)30-21-7-4-19(27(34)35)14-22(21)31-26/h3-10,12-14,28H,1-2,11H2,(H-,29,30,34,35)/p+1. The maximum absolute atomic E-state index is 12.0. The van der Waals surface area contributed by atoms with Gasteiger partial charge in [-0.25, -0.2) is 19.6 Å². The molecule has 2 N–H and O–H groups in total. The summed E-state index contributed by atoms with van der Waals surface area (Å²) in [5.41, 5.74) is 6.81. The van der Waals surface area contributed by atoms with Crippen molar-refractivity contribution in [1.82, 2.24) is 15.0 Å². The van der Waals surface area contributed by atoms with Crippen molar-refractivity contribution in [2.75, 3.05) is 11.4 Å². The Labute approximate surface area is 214 Å². The van der Waals surface area contributed by atoms with Gasteiger partial charge in [0, 0.05) is 34.9 Å². The second-order valence-electron chi connectivity index (χ2n) is 8.57. The maximum Gasteiger partial charge on any atom is 0.391 e. The smallest absolute Gasteiger partial charge is 0.391 e. The second kappa shape index (κ2) is 8.46. The molecule has 0 saturated heterocycles. The summed E-state index contributed by atoms with van der Waals surface area (Å²) in [6.45, 7) is 0.741. The topological polar surface area (TPSA) is 99.2 Å². The molecular formula is C27H20IN4O3+. The van der Waals surface area contributed by atoms with Crippen molar-refractivity contribution in [3.63, 3.8) is 0 Å². The number of carboxylic acid groups (broad SMARTS) is 1. The van der Waals surface area contributed by atoms with Crippen LogP contribution in [-0.4, -0.2) is 36.4 Å². The zero-order valence-electron chi connectivity index (χ0n) is 18.5. The van der Waals surface area contributed by atoms with Gasteiger partial charge in [-0.3, -0.25) is 0 Å². The van der Waals surface area contributed by atoms with Crippen molar-refractivity contribution in [2.24, 2.45) is 0 Å². The number of benzene rings is 3. The largest absolute Gasteiger partial charge is 0.478 e. The molecule has 0 unspecified atom stereocenters. The van der Waals surface area contributed by atoms with Crippen LogP contribution >= 0.6 is 0 Å². The summed E-state index contributed by atoms with van der Waals surface area (Å²) in [6, 6.07) is 18.8. The highest BCUT2D eigenvalue weighted by Gasteiger charge is 2.25. The van der Waals surface area contributed by atoms with E-state index in [9.17, 15) is 14.7 Å². The van der Waals surface area contributed by atoms with Crippen LogP contribution in [0, 0.1) is 0 Å². The van der Waals surface area contributed by atoms with E-state index in [1.54, 1.807) is 18.2 Å². The third kappa shape index (κ3) is 3.83. The third-order valence-electron chi connectivity index (χ3n) is 6.41. The van der Waals surface area contributed by atoms with Gasteiger partial charge in [0.1, 0.15) is 5.69 Å². The first kappa shape index (κ1) is 21.7. The SMILES string of the molecule is O=C(O)c1ccc2nc(-c3ccc4[nH]ccc4c3)c(N3CCCc4cc(C(=O)[IH+])ccc43)nc2c1. The first-order chi connectivity index (χ1) is 17.0. The number of H-pyrrole nitrogens is 1. The predicted molar refractivity (Wildman–Crippen MR) is 131 cm³/mol. The molecule has 0 amide bonds. The molecule has 0 spiro atoms. The normalized spacial score (nSPS) is 13.2. The molecule has 2 aromatic heterocycles. The Balaban J connectivity index is 1.59. The van der Waals surface area contributed by atoms with E-state index in [1.807, 2.05) is 42.6 Å². The molecule has 5 aromatic rings. The summed E-state index contributed by atoms with van der Waals surface area (Å²) >= 11 is 1.50. The van der Waals surface area contributed by atoms with Gasteiger partial charge in [-0.05, 0) is 73.0 Å². The van der Waals surface area contributed by atoms with E-state index >= 15 is 0 Å². The molecular weight excluding hydrogens is 555 g/mol. The fraction of sp³-hybridized carbons (Fsp3) is 0.111. The van der Waals surface area contributed by atoms with E-state index in [4.69, 9.17) is 9.97 Å². The van der Waals surface area contributed by atoms with Gasteiger partial charge in [0.25, 0.3) is 0 Å². The number of hydrogen-bond donors (Lipinski definition) is 2. The average Bonchev–Trinajstić information content (AvgIpc) is 3.35. The van der Waals surface area contributed by atoms with Crippen LogP contribution in [0.3, 0.4) is 0 Å². The molecule has 0 aliphatic carbocycles. The number of carbonyl (C=O) groups is 2. The first-order valence-electron chi connectivity index (χ1n) is 11.2. The van der Waals surface area contributed by atoms with Crippen LogP contribution in [0.2, 0.25) is 0 Å². The van der Waals surface area contributed by atoms with Gasteiger partial charge in [0.15, 0.2) is 5.82 Å².